The van der Waals surface area contributed by atoms with Crippen molar-refractivity contribution >= 4 is 10.9 Å². The van der Waals surface area contributed by atoms with Gasteiger partial charge in [-0.3, -0.25) is 4.90 Å². The highest BCUT2D eigenvalue weighted by molar-refractivity contribution is 5.98. The quantitative estimate of drug-likeness (QED) is 0.729. The number of aliphatic hydroxyl groups excluding tert-OH is 1. The molecule has 0 bridgehead atoms. The second-order valence-electron chi connectivity index (χ2n) is 7.98. The van der Waals surface area contributed by atoms with Gasteiger partial charge in [0.1, 0.15) is 29.7 Å². The fourth-order valence-electron chi connectivity index (χ4n) is 4.63. The van der Waals surface area contributed by atoms with Gasteiger partial charge >= 0.3 is 0 Å². The Morgan fingerprint density at radius 2 is 1.93 bits per heavy atom. The molecule has 0 unspecified atom stereocenters. The molecule has 0 saturated carbocycles. The molecule has 0 aliphatic carbocycles. The summed E-state index contributed by atoms with van der Waals surface area (Å²) in [6.45, 7) is 4.60. The van der Waals surface area contributed by atoms with Crippen LogP contribution in [-0.2, 0) is 0 Å². The van der Waals surface area contributed by atoms with Crippen LogP contribution in [0.15, 0.2) is 42.5 Å². The van der Waals surface area contributed by atoms with Crippen LogP contribution < -0.4 is 9.47 Å². The Morgan fingerprint density at radius 3 is 2.72 bits per heavy atom. The average molecular weight is 390 g/mol. The Kier molecular flexibility index (Phi) is 4.64. The fraction of sp³-hybridized carbons (Fsp3) is 0.375. The smallest absolute Gasteiger partial charge is 0.145 e. The lowest BCUT2D eigenvalue weighted by molar-refractivity contribution is 0.0140. The van der Waals surface area contributed by atoms with Gasteiger partial charge in [-0.15, -0.1) is 0 Å². The van der Waals surface area contributed by atoms with Gasteiger partial charge in [0.05, 0.1) is 13.2 Å². The Balaban J connectivity index is 1.54. The highest BCUT2D eigenvalue weighted by atomic mass is 16.5. The van der Waals surface area contributed by atoms with Crippen LogP contribution >= 0.6 is 0 Å². The number of methoxy groups -OCH3 is 1. The minimum absolute atomic E-state index is 0.0461. The third-order valence-corrected chi connectivity index (χ3v) is 6.21. The monoisotopic (exact) mass is 390 g/mol. The second-order valence-corrected chi connectivity index (χ2v) is 7.98. The van der Waals surface area contributed by atoms with Crippen molar-refractivity contribution < 1.29 is 14.6 Å². The Morgan fingerprint density at radius 1 is 1.10 bits per heavy atom. The van der Waals surface area contributed by atoms with Crippen LogP contribution in [-0.4, -0.2) is 47.8 Å². The minimum Gasteiger partial charge on any atom is -0.494 e. The lowest BCUT2D eigenvalue weighted by Gasteiger charge is -2.36. The number of aliphatic hydroxyl groups is 1. The molecule has 2 aliphatic rings. The first kappa shape index (κ1) is 18.4. The van der Waals surface area contributed by atoms with Crippen molar-refractivity contribution in [2.75, 3.05) is 26.8 Å². The molecule has 0 spiro atoms. The molecule has 1 saturated heterocycles. The first-order valence-electron chi connectivity index (χ1n) is 10.3. The first-order valence-corrected chi connectivity index (χ1v) is 10.3. The summed E-state index contributed by atoms with van der Waals surface area (Å²) in [5, 5.41) is 12.0. The van der Waals surface area contributed by atoms with Crippen molar-refractivity contribution in [2.45, 2.75) is 31.9 Å². The third-order valence-electron chi connectivity index (χ3n) is 6.21. The van der Waals surface area contributed by atoms with E-state index in [0.717, 1.165) is 57.9 Å². The Bertz CT molecular complexity index is 1060. The largest absolute Gasteiger partial charge is 0.494 e. The van der Waals surface area contributed by atoms with E-state index in [1.54, 1.807) is 7.11 Å². The number of pyridine rings is 1. The first-order chi connectivity index (χ1) is 14.2. The van der Waals surface area contributed by atoms with E-state index in [4.69, 9.17) is 9.47 Å². The van der Waals surface area contributed by atoms with Crippen LogP contribution in [0.4, 0.5) is 0 Å². The zero-order chi connectivity index (χ0) is 20.0. The van der Waals surface area contributed by atoms with E-state index < -0.39 is 6.10 Å². The normalized spacial score (nSPS) is 21.8. The van der Waals surface area contributed by atoms with Gasteiger partial charge in [0.15, 0.2) is 0 Å². The van der Waals surface area contributed by atoms with Crippen molar-refractivity contribution in [2.24, 2.45) is 0 Å². The maximum atomic E-state index is 11.0. The van der Waals surface area contributed by atoms with Gasteiger partial charge in [-0.2, -0.15) is 0 Å². The number of rotatable bonds is 3. The number of aromatic nitrogens is 1. The van der Waals surface area contributed by atoms with Crippen LogP contribution in [0.2, 0.25) is 0 Å². The van der Waals surface area contributed by atoms with Gasteiger partial charge in [0.25, 0.3) is 0 Å². The lowest BCUT2D eigenvalue weighted by Crippen LogP contribution is -2.44. The van der Waals surface area contributed by atoms with Crippen molar-refractivity contribution in [3.05, 3.63) is 53.7 Å². The maximum Gasteiger partial charge on any atom is 0.145 e. The molecule has 2 aliphatic heterocycles. The number of likely N-dealkylation sites (tertiary alicyclic amines) is 1. The Labute approximate surface area is 170 Å². The van der Waals surface area contributed by atoms with Crippen LogP contribution in [0.25, 0.3) is 22.0 Å². The summed E-state index contributed by atoms with van der Waals surface area (Å²) >= 11 is 0. The van der Waals surface area contributed by atoms with Crippen molar-refractivity contribution in [1.82, 2.24) is 9.88 Å². The molecule has 2 aromatic carbocycles. The van der Waals surface area contributed by atoms with Gasteiger partial charge in [0, 0.05) is 16.6 Å². The molecular weight excluding hydrogens is 364 g/mol. The molecule has 0 amide bonds. The fourth-order valence-corrected chi connectivity index (χ4v) is 4.63. The standard InChI is InChI=1S/C24H26N2O3/c1-15-5-7-18-17(9-10-21(28-2)23(18)25-15)16-6-8-19-22(13-16)29-14-20(24(19)27)26-11-3-4-12-26/h5-10,13,20,24,27H,3-4,11-12,14H2,1-2H3/t20-,24-/m1/s1. The van der Waals surface area contributed by atoms with Crippen LogP contribution in [0, 0.1) is 6.92 Å². The number of aryl methyl sites for hydroxylation is 1. The van der Waals surface area contributed by atoms with Crippen LogP contribution in [0.3, 0.4) is 0 Å². The minimum atomic E-state index is -0.511. The van der Waals surface area contributed by atoms with E-state index in [9.17, 15) is 5.11 Å². The zero-order valence-electron chi connectivity index (χ0n) is 16.9. The number of hydrogen-bond donors (Lipinski definition) is 1. The summed E-state index contributed by atoms with van der Waals surface area (Å²) in [4.78, 5) is 7.04. The SMILES string of the molecule is COc1ccc(-c2ccc3c(c2)OC[C@@H](N2CCCC2)[C@@H]3O)c2ccc(C)nc12. The summed E-state index contributed by atoms with van der Waals surface area (Å²) in [5.74, 6) is 1.54. The number of ether oxygens (including phenoxy) is 2. The van der Waals surface area contributed by atoms with E-state index in [1.807, 2.05) is 31.2 Å². The molecule has 3 aromatic rings. The highest BCUT2D eigenvalue weighted by Gasteiger charge is 2.35. The summed E-state index contributed by atoms with van der Waals surface area (Å²) in [6.07, 6.45) is 1.89. The van der Waals surface area contributed by atoms with Crippen molar-refractivity contribution in [3.63, 3.8) is 0 Å². The molecule has 1 fully saturated rings. The van der Waals surface area contributed by atoms with Crippen LogP contribution in [0.1, 0.15) is 30.2 Å². The number of benzene rings is 2. The van der Waals surface area contributed by atoms with E-state index >= 15 is 0 Å². The van der Waals surface area contributed by atoms with Gasteiger partial charge in [0.2, 0.25) is 0 Å². The molecule has 150 valence electrons. The maximum absolute atomic E-state index is 11.0. The summed E-state index contributed by atoms with van der Waals surface area (Å²) in [7, 11) is 1.67. The zero-order valence-corrected chi connectivity index (χ0v) is 16.9. The molecule has 5 rings (SSSR count). The molecule has 5 nitrogen and oxygen atoms in total. The summed E-state index contributed by atoms with van der Waals surface area (Å²) in [6, 6.07) is 14.3. The molecule has 5 heteroatoms. The molecule has 1 aromatic heterocycles. The van der Waals surface area contributed by atoms with Gasteiger partial charge in [-0.25, -0.2) is 4.98 Å². The third kappa shape index (κ3) is 3.15. The van der Waals surface area contributed by atoms with Gasteiger partial charge in [-0.1, -0.05) is 18.2 Å². The molecule has 29 heavy (non-hydrogen) atoms. The molecule has 3 heterocycles. The number of hydrogen-bond acceptors (Lipinski definition) is 5. The molecular formula is C24H26N2O3. The highest BCUT2D eigenvalue weighted by Crippen LogP contribution is 2.40. The second kappa shape index (κ2) is 7.32. The predicted molar refractivity (Wildman–Crippen MR) is 114 cm³/mol. The van der Waals surface area contributed by atoms with Crippen molar-refractivity contribution in [3.8, 4) is 22.6 Å². The summed E-state index contributed by atoms with van der Waals surface area (Å²) in [5.41, 5.74) is 4.82. The van der Waals surface area contributed by atoms with E-state index in [0.29, 0.717) is 6.61 Å². The lowest BCUT2D eigenvalue weighted by atomic mass is 9.93. The summed E-state index contributed by atoms with van der Waals surface area (Å²) < 4.78 is 11.6. The van der Waals surface area contributed by atoms with Gasteiger partial charge < -0.3 is 14.6 Å². The Hall–Kier alpha value is -2.63. The molecule has 0 radical (unpaired) electrons. The van der Waals surface area contributed by atoms with Crippen molar-refractivity contribution in [1.29, 1.82) is 0 Å². The predicted octanol–water partition coefficient (Wildman–Crippen LogP) is 4.11. The van der Waals surface area contributed by atoms with E-state index in [-0.39, 0.29) is 6.04 Å². The van der Waals surface area contributed by atoms with E-state index in [1.165, 1.54) is 12.8 Å². The van der Waals surface area contributed by atoms with E-state index in [2.05, 4.69) is 28.1 Å². The molecule has 2 atom stereocenters. The number of fused-ring (bicyclic) bond motifs is 2. The topological polar surface area (TPSA) is 54.8 Å². The van der Waals surface area contributed by atoms with Gasteiger partial charge in [-0.05, 0) is 68.2 Å². The van der Waals surface area contributed by atoms with Crippen LogP contribution in [0.5, 0.6) is 11.5 Å². The average Bonchev–Trinajstić information content (AvgIpc) is 3.27. The number of nitrogens with zero attached hydrogens (tertiary/aromatic N) is 2. The molecule has 1 N–H and O–H groups in total.